The Kier molecular flexibility index (Phi) is 15.3. The van der Waals surface area contributed by atoms with Gasteiger partial charge in [-0.1, -0.05) is 39.3 Å². The summed E-state index contributed by atoms with van der Waals surface area (Å²) in [6.07, 6.45) is -16.2. The van der Waals surface area contributed by atoms with E-state index in [-0.39, 0.29) is 59.1 Å². The highest BCUT2D eigenvalue weighted by Gasteiger charge is 2.63. The minimum absolute atomic E-state index is 0.00602. The van der Waals surface area contributed by atoms with Crippen molar-refractivity contribution in [2.24, 2.45) is 46.3 Å². The molecule has 7 rings (SSSR count). The molecule has 360 valence electrons. The van der Waals surface area contributed by atoms with Gasteiger partial charge in [0.1, 0.15) is 78.7 Å². The Morgan fingerprint density at radius 1 is 0.746 bits per heavy atom. The topological polar surface area (TPSA) is 312 Å². The van der Waals surface area contributed by atoms with Gasteiger partial charge >= 0.3 is 0 Å². The zero-order valence-corrected chi connectivity index (χ0v) is 36.4. The van der Waals surface area contributed by atoms with Crippen LogP contribution in [0.3, 0.4) is 0 Å². The molecule has 3 saturated heterocycles. The molecule has 63 heavy (non-hydrogen) atoms. The number of aliphatic hydroxyl groups excluding tert-OH is 11. The van der Waals surface area contributed by atoms with Gasteiger partial charge in [0.2, 0.25) is 0 Å². The monoisotopic (exact) mass is 902 g/mol. The van der Waals surface area contributed by atoms with Gasteiger partial charge in [-0.05, 0) is 79.4 Å². The van der Waals surface area contributed by atoms with E-state index in [1.54, 1.807) is 0 Å². The minimum atomic E-state index is -1.91. The van der Waals surface area contributed by atoms with Gasteiger partial charge < -0.3 is 84.6 Å². The summed E-state index contributed by atoms with van der Waals surface area (Å²) in [7, 11) is 0. The molecule has 0 aromatic rings. The first kappa shape index (κ1) is 49.3. The van der Waals surface area contributed by atoms with E-state index in [4.69, 9.17) is 28.4 Å². The van der Waals surface area contributed by atoms with E-state index in [0.717, 1.165) is 25.7 Å². The van der Waals surface area contributed by atoms with Crippen molar-refractivity contribution in [3.8, 4) is 0 Å². The summed E-state index contributed by atoms with van der Waals surface area (Å²) in [5.41, 5.74) is 0.659. The fraction of sp³-hybridized carbons (Fsp3) is 0.909. The molecule has 0 radical (unpaired) electrons. The number of ketones is 2. The molecule has 0 bridgehead atoms. The molecule has 19 nitrogen and oxygen atoms in total. The lowest BCUT2D eigenvalue weighted by Gasteiger charge is -2.58. The number of allylic oxidation sites excluding steroid dienone is 1. The Bertz CT molecular complexity index is 1630. The molecule has 3 aliphatic heterocycles. The fourth-order valence-corrected chi connectivity index (χ4v) is 12.4. The molecule has 0 aromatic carbocycles. The SMILES string of the molecule is C[C@@H](CCC(=O)[C@@H](C)[C@@H]1C(=O)C[C@H]2[C@@H]3CC=C4CC(O[C@@H]5O[C@H](CO)[C@@H](O)[C@H](O)[C@H]5O[C@H]5O[C@@H](O)[C@H](O)[C@@H](O)[C@H]5O)CC[C@]4(C)[C@H]3CC[C@@]21C)CO[C@@H]1O[C@H](CO)[C@@H](O)[C@H](O)[C@H]1O. The number of hydrogen-bond acceptors (Lipinski definition) is 19. The normalized spacial score (nSPS) is 49.9. The molecular weight excluding hydrogens is 832 g/mol. The quantitative estimate of drug-likeness (QED) is 0.0853. The van der Waals surface area contributed by atoms with E-state index in [0.29, 0.717) is 25.7 Å². The van der Waals surface area contributed by atoms with Crippen molar-refractivity contribution >= 4 is 11.6 Å². The van der Waals surface area contributed by atoms with E-state index in [9.17, 15) is 65.8 Å². The number of ether oxygens (including phenoxy) is 6. The maximum Gasteiger partial charge on any atom is 0.189 e. The largest absolute Gasteiger partial charge is 0.394 e. The van der Waals surface area contributed by atoms with Gasteiger partial charge in [0.25, 0.3) is 0 Å². The summed E-state index contributed by atoms with van der Waals surface area (Å²) in [6.45, 7) is 7.11. The number of fused-ring (bicyclic) bond motifs is 5. The van der Waals surface area contributed by atoms with Crippen LogP contribution in [-0.2, 0) is 38.0 Å². The molecule has 3 heterocycles. The van der Waals surface area contributed by atoms with Crippen molar-refractivity contribution < 1.29 is 94.2 Å². The number of hydrogen-bond donors (Lipinski definition) is 11. The molecule has 7 aliphatic rings. The molecule has 3 saturated carbocycles. The second-order valence-electron chi connectivity index (χ2n) is 20.1. The van der Waals surface area contributed by atoms with Crippen molar-refractivity contribution in [1.82, 2.24) is 0 Å². The van der Waals surface area contributed by atoms with Crippen LogP contribution in [0.5, 0.6) is 0 Å². The number of carbonyl (C=O) groups excluding carboxylic acids is 2. The van der Waals surface area contributed by atoms with Gasteiger partial charge in [-0.15, -0.1) is 0 Å². The summed E-state index contributed by atoms with van der Waals surface area (Å²) in [6, 6.07) is 0. The van der Waals surface area contributed by atoms with E-state index < -0.39 is 123 Å². The summed E-state index contributed by atoms with van der Waals surface area (Å²) < 4.78 is 34.4. The highest BCUT2D eigenvalue weighted by atomic mass is 16.8. The summed E-state index contributed by atoms with van der Waals surface area (Å²) in [5.74, 6) is -0.258. The van der Waals surface area contributed by atoms with Crippen LogP contribution in [0.15, 0.2) is 11.6 Å². The maximum atomic E-state index is 14.0. The van der Waals surface area contributed by atoms with Crippen molar-refractivity contribution in [3.05, 3.63) is 11.6 Å². The van der Waals surface area contributed by atoms with E-state index in [2.05, 4.69) is 19.9 Å². The Labute approximate surface area is 366 Å². The van der Waals surface area contributed by atoms with Crippen LogP contribution in [0.25, 0.3) is 0 Å². The van der Waals surface area contributed by atoms with Crippen LogP contribution >= 0.6 is 0 Å². The highest BCUT2D eigenvalue weighted by Crippen LogP contribution is 2.66. The molecular formula is C44H70O19. The molecule has 19 heteroatoms. The number of Topliss-reactive ketones (excluding diaryl/α,β-unsaturated/α-hetero) is 2. The first-order valence-electron chi connectivity index (χ1n) is 22.7. The Morgan fingerprint density at radius 2 is 1.38 bits per heavy atom. The molecule has 0 aromatic heterocycles. The molecule has 4 aliphatic carbocycles. The third-order valence-corrected chi connectivity index (χ3v) is 16.2. The average Bonchev–Trinajstić information content (AvgIpc) is 3.54. The fourth-order valence-electron chi connectivity index (χ4n) is 12.4. The molecule has 11 N–H and O–H groups in total. The number of carbonyl (C=O) groups is 2. The van der Waals surface area contributed by atoms with E-state index >= 15 is 0 Å². The predicted molar refractivity (Wildman–Crippen MR) is 214 cm³/mol. The summed E-state index contributed by atoms with van der Waals surface area (Å²) in [5, 5.41) is 112. The second-order valence-corrected chi connectivity index (χ2v) is 20.1. The first-order chi connectivity index (χ1) is 29.7. The summed E-state index contributed by atoms with van der Waals surface area (Å²) in [4.78, 5) is 27.8. The Hall–Kier alpha value is -1.60. The van der Waals surface area contributed by atoms with Crippen molar-refractivity contribution in [1.29, 1.82) is 0 Å². The standard InChI is InChI=1S/C44H70O19/c1-18(17-58-40-36(55)32(51)30(49)27(15-45)60-40)5-8-25(47)19(2)29-26(48)14-24-22-7-6-20-13-21(9-11-43(20,3)23(22)10-12-44(24,29)4)59-42-38(34(53)31(50)28(16-46)61-42)62-41-37(56)33(52)35(54)39(57)63-41/h6,18-19,21-24,27-42,45-46,49-57H,5,7-17H2,1-4H3/t18-,19+,21?,22+,23-,24-,27+,28+,29+,30+,31+,32-,33+,34-,35+,36+,37+,38+,39+,40+,41-,42+,43-,44-/m0/s1. The zero-order chi connectivity index (χ0) is 45.9. The second kappa shape index (κ2) is 19.6. The van der Waals surface area contributed by atoms with Crippen LogP contribution in [0.2, 0.25) is 0 Å². The zero-order valence-electron chi connectivity index (χ0n) is 36.4. The molecule has 1 unspecified atom stereocenters. The van der Waals surface area contributed by atoms with Gasteiger partial charge in [0.05, 0.1) is 25.9 Å². The third kappa shape index (κ3) is 9.23. The third-order valence-electron chi connectivity index (χ3n) is 16.2. The van der Waals surface area contributed by atoms with E-state index in [1.807, 2.05) is 13.8 Å². The minimum Gasteiger partial charge on any atom is -0.394 e. The van der Waals surface area contributed by atoms with Gasteiger partial charge in [0.15, 0.2) is 25.2 Å². The van der Waals surface area contributed by atoms with Gasteiger partial charge in [-0.3, -0.25) is 9.59 Å². The van der Waals surface area contributed by atoms with Crippen molar-refractivity contribution in [3.63, 3.8) is 0 Å². The number of rotatable bonds is 14. The van der Waals surface area contributed by atoms with Crippen LogP contribution in [0.1, 0.15) is 85.5 Å². The van der Waals surface area contributed by atoms with Gasteiger partial charge in [0, 0.05) is 24.7 Å². The number of aliphatic hydroxyl groups is 11. The Morgan fingerprint density at radius 3 is 2.06 bits per heavy atom. The molecule has 6 fully saturated rings. The molecule has 24 atom stereocenters. The van der Waals surface area contributed by atoms with Crippen LogP contribution in [0.4, 0.5) is 0 Å². The smallest absolute Gasteiger partial charge is 0.189 e. The summed E-state index contributed by atoms with van der Waals surface area (Å²) >= 11 is 0. The molecule has 0 amide bonds. The van der Waals surface area contributed by atoms with Crippen LogP contribution in [-0.4, -0.2) is 186 Å². The van der Waals surface area contributed by atoms with Gasteiger partial charge in [-0.25, -0.2) is 0 Å². The lowest BCUT2D eigenvalue weighted by molar-refractivity contribution is -0.388. The lowest BCUT2D eigenvalue weighted by atomic mass is 9.47. The first-order valence-corrected chi connectivity index (χ1v) is 22.7. The highest BCUT2D eigenvalue weighted by molar-refractivity contribution is 5.92. The van der Waals surface area contributed by atoms with Crippen molar-refractivity contribution in [2.45, 2.75) is 184 Å². The molecule has 0 spiro atoms. The maximum absolute atomic E-state index is 14.0. The van der Waals surface area contributed by atoms with Gasteiger partial charge in [-0.2, -0.15) is 0 Å². The van der Waals surface area contributed by atoms with Crippen LogP contribution < -0.4 is 0 Å². The lowest BCUT2D eigenvalue weighted by Crippen LogP contribution is -2.64. The Balaban J connectivity index is 0.964. The average molecular weight is 903 g/mol. The van der Waals surface area contributed by atoms with Crippen LogP contribution in [0, 0.1) is 46.3 Å². The van der Waals surface area contributed by atoms with Crippen molar-refractivity contribution in [2.75, 3.05) is 19.8 Å². The predicted octanol–water partition coefficient (Wildman–Crippen LogP) is -1.85. The van der Waals surface area contributed by atoms with E-state index in [1.165, 1.54) is 5.57 Å².